The van der Waals surface area contributed by atoms with Crippen molar-refractivity contribution in [2.45, 2.75) is 18.9 Å². The van der Waals surface area contributed by atoms with E-state index in [-0.39, 0.29) is 18.4 Å². The second-order valence-corrected chi connectivity index (χ2v) is 5.97. The summed E-state index contributed by atoms with van der Waals surface area (Å²) in [5, 5.41) is 0. The number of anilines is 1. The molecule has 17 heavy (non-hydrogen) atoms. The molecule has 1 aromatic carbocycles. The molecule has 6 heteroatoms. The SMILES string of the molecule is Nc1ccccc1OCCS(=O)(=O)NC1CC1. The highest BCUT2D eigenvalue weighted by Crippen LogP contribution is 2.21. The van der Waals surface area contributed by atoms with Crippen LogP contribution < -0.4 is 15.2 Å². The third-order valence-corrected chi connectivity index (χ3v) is 3.85. The molecule has 3 N–H and O–H groups in total. The van der Waals surface area contributed by atoms with Crippen molar-refractivity contribution in [3.8, 4) is 5.75 Å². The van der Waals surface area contributed by atoms with Crippen molar-refractivity contribution in [3.05, 3.63) is 24.3 Å². The number of sulfonamides is 1. The largest absolute Gasteiger partial charge is 0.490 e. The van der Waals surface area contributed by atoms with E-state index in [0.717, 1.165) is 12.8 Å². The second kappa shape index (κ2) is 4.93. The molecule has 0 bridgehead atoms. The van der Waals surface area contributed by atoms with E-state index in [2.05, 4.69) is 4.72 Å². The first-order valence-electron chi connectivity index (χ1n) is 5.54. The van der Waals surface area contributed by atoms with E-state index in [0.29, 0.717) is 11.4 Å². The first-order valence-corrected chi connectivity index (χ1v) is 7.19. The summed E-state index contributed by atoms with van der Waals surface area (Å²) in [6.07, 6.45) is 1.87. The van der Waals surface area contributed by atoms with Gasteiger partial charge in [-0.25, -0.2) is 13.1 Å². The van der Waals surface area contributed by atoms with Gasteiger partial charge in [0, 0.05) is 6.04 Å². The van der Waals surface area contributed by atoms with Crippen molar-refractivity contribution in [3.63, 3.8) is 0 Å². The molecule has 1 saturated carbocycles. The number of nitrogen functional groups attached to an aromatic ring is 1. The summed E-state index contributed by atoms with van der Waals surface area (Å²) >= 11 is 0. The zero-order valence-electron chi connectivity index (χ0n) is 9.43. The average molecular weight is 256 g/mol. The van der Waals surface area contributed by atoms with E-state index in [4.69, 9.17) is 10.5 Å². The van der Waals surface area contributed by atoms with Crippen LogP contribution in [0.1, 0.15) is 12.8 Å². The summed E-state index contributed by atoms with van der Waals surface area (Å²) < 4.78 is 31.0. The third-order valence-electron chi connectivity index (χ3n) is 2.45. The molecule has 1 aliphatic carbocycles. The van der Waals surface area contributed by atoms with Crippen LogP contribution in [-0.4, -0.2) is 26.8 Å². The van der Waals surface area contributed by atoms with Gasteiger partial charge < -0.3 is 10.5 Å². The third kappa shape index (κ3) is 3.90. The van der Waals surface area contributed by atoms with Gasteiger partial charge in [0.1, 0.15) is 12.4 Å². The second-order valence-electron chi connectivity index (χ2n) is 4.10. The summed E-state index contributed by atoms with van der Waals surface area (Å²) in [5.74, 6) is 0.479. The van der Waals surface area contributed by atoms with E-state index in [1.807, 2.05) is 0 Å². The Morgan fingerprint density at radius 1 is 1.35 bits per heavy atom. The number of para-hydroxylation sites is 2. The number of nitrogens with one attached hydrogen (secondary N) is 1. The quantitative estimate of drug-likeness (QED) is 0.735. The minimum atomic E-state index is -3.22. The van der Waals surface area contributed by atoms with E-state index in [9.17, 15) is 8.42 Å². The van der Waals surface area contributed by atoms with Crippen LogP contribution in [0.2, 0.25) is 0 Å². The van der Waals surface area contributed by atoms with E-state index >= 15 is 0 Å². The van der Waals surface area contributed by atoms with Crippen LogP contribution in [-0.2, 0) is 10.0 Å². The molecule has 0 heterocycles. The minimum Gasteiger partial charge on any atom is -0.490 e. The normalized spacial score (nSPS) is 15.8. The summed E-state index contributed by atoms with van der Waals surface area (Å²) in [6.45, 7) is 0.107. The molecular weight excluding hydrogens is 240 g/mol. The molecule has 0 aromatic heterocycles. The number of hydrogen-bond donors (Lipinski definition) is 2. The summed E-state index contributed by atoms with van der Waals surface area (Å²) in [7, 11) is -3.22. The predicted molar refractivity (Wildman–Crippen MR) is 66.3 cm³/mol. The summed E-state index contributed by atoms with van der Waals surface area (Å²) in [6, 6.07) is 7.17. The zero-order valence-corrected chi connectivity index (χ0v) is 10.2. The molecule has 1 aliphatic rings. The lowest BCUT2D eigenvalue weighted by atomic mass is 10.3. The van der Waals surface area contributed by atoms with Gasteiger partial charge >= 0.3 is 0 Å². The Morgan fingerprint density at radius 2 is 2.06 bits per heavy atom. The number of hydrogen-bond acceptors (Lipinski definition) is 4. The highest BCUT2D eigenvalue weighted by atomic mass is 32.2. The van der Waals surface area contributed by atoms with Crippen LogP contribution in [0.15, 0.2) is 24.3 Å². The summed E-state index contributed by atoms with van der Waals surface area (Å²) in [4.78, 5) is 0. The summed E-state index contributed by atoms with van der Waals surface area (Å²) in [5.41, 5.74) is 6.18. The molecule has 0 unspecified atom stereocenters. The van der Waals surface area contributed by atoms with Crippen LogP contribution in [0.5, 0.6) is 5.75 Å². The van der Waals surface area contributed by atoms with Crippen LogP contribution in [0.4, 0.5) is 5.69 Å². The molecular formula is C11H16N2O3S. The monoisotopic (exact) mass is 256 g/mol. The molecule has 5 nitrogen and oxygen atoms in total. The Balaban J connectivity index is 1.81. The molecule has 0 atom stereocenters. The molecule has 1 fully saturated rings. The molecule has 0 spiro atoms. The first kappa shape index (κ1) is 12.2. The van der Waals surface area contributed by atoms with E-state index < -0.39 is 10.0 Å². The maximum absolute atomic E-state index is 11.5. The standard InChI is InChI=1S/C11H16N2O3S/c12-10-3-1-2-4-11(10)16-7-8-17(14,15)13-9-5-6-9/h1-4,9,13H,5-8,12H2. The minimum absolute atomic E-state index is 0.0438. The van der Waals surface area contributed by atoms with Crippen LogP contribution >= 0.6 is 0 Å². The van der Waals surface area contributed by atoms with Crippen molar-refractivity contribution < 1.29 is 13.2 Å². The Morgan fingerprint density at radius 3 is 2.71 bits per heavy atom. The molecule has 0 amide bonds. The molecule has 94 valence electrons. The Bertz CT molecular complexity index is 483. The fraction of sp³-hybridized carbons (Fsp3) is 0.455. The van der Waals surface area contributed by atoms with Crippen LogP contribution in [0.25, 0.3) is 0 Å². The Labute approximate surface area is 101 Å². The van der Waals surface area contributed by atoms with Gasteiger partial charge in [-0.1, -0.05) is 12.1 Å². The molecule has 2 rings (SSSR count). The number of benzene rings is 1. The maximum atomic E-state index is 11.5. The Hall–Kier alpha value is -1.27. The lowest BCUT2D eigenvalue weighted by Gasteiger charge is -2.09. The Kier molecular flexibility index (Phi) is 3.54. The van der Waals surface area contributed by atoms with Crippen LogP contribution in [0, 0.1) is 0 Å². The lowest BCUT2D eigenvalue weighted by Crippen LogP contribution is -2.30. The fourth-order valence-corrected chi connectivity index (χ4v) is 2.55. The number of nitrogens with two attached hydrogens (primary N) is 1. The van der Waals surface area contributed by atoms with Gasteiger partial charge in [-0.05, 0) is 25.0 Å². The number of ether oxygens (including phenoxy) is 1. The zero-order chi connectivity index (χ0) is 12.3. The van der Waals surface area contributed by atoms with Gasteiger partial charge in [-0.3, -0.25) is 0 Å². The fourth-order valence-electron chi connectivity index (χ4n) is 1.39. The molecule has 0 aliphatic heterocycles. The highest BCUT2D eigenvalue weighted by molar-refractivity contribution is 7.89. The molecule has 1 aromatic rings. The van der Waals surface area contributed by atoms with Crippen molar-refractivity contribution in [2.24, 2.45) is 0 Å². The topological polar surface area (TPSA) is 81.4 Å². The van der Waals surface area contributed by atoms with Gasteiger partial charge in [0.15, 0.2) is 0 Å². The van der Waals surface area contributed by atoms with Gasteiger partial charge in [0.05, 0.1) is 11.4 Å². The average Bonchev–Trinajstić information content (AvgIpc) is 3.04. The molecule has 0 saturated heterocycles. The van der Waals surface area contributed by atoms with Gasteiger partial charge in [-0.15, -0.1) is 0 Å². The van der Waals surface area contributed by atoms with E-state index in [1.165, 1.54) is 0 Å². The van der Waals surface area contributed by atoms with Crippen molar-refractivity contribution >= 4 is 15.7 Å². The van der Waals surface area contributed by atoms with Gasteiger partial charge in [0.2, 0.25) is 10.0 Å². The molecule has 0 radical (unpaired) electrons. The van der Waals surface area contributed by atoms with Crippen molar-refractivity contribution in [2.75, 3.05) is 18.1 Å². The van der Waals surface area contributed by atoms with Crippen LogP contribution in [0.3, 0.4) is 0 Å². The number of rotatable bonds is 6. The van der Waals surface area contributed by atoms with Gasteiger partial charge in [0.25, 0.3) is 0 Å². The van der Waals surface area contributed by atoms with Crippen molar-refractivity contribution in [1.29, 1.82) is 0 Å². The smallest absolute Gasteiger partial charge is 0.215 e. The lowest BCUT2D eigenvalue weighted by molar-refractivity contribution is 0.342. The van der Waals surface area contributed by atoms with Gasteiger partial charge in [-0.2, -0.15) is 0 Å². The maximum Gasteiger partial charge on any atom is 0.215 e. The first-order chi connectivity index (χ1) is 8.07. The highest BCUT2D eigenvalue weighted by Gasteiger charge is 2.26. The predicted octanol–water partition coefficient (Wildman–Crippen LogP) is 0.729. The van der Waals surface area contributed by atoms with E-state index in [1.54, 1.807) is 24.3 Å². The van der Waals surface area contributed by atoms with Crippen molar-refractivity contribution in [1.82, 2.24) is 4.72 Å².